The van der Waals surface area contributed by atoms with Crippen molar-refractivity contribution >= 4 is 15.8 Å². The van der Waals surface area contributed by atoms with Gasteiger partial charge in [0.15, 0.2) is 5.78 Å². The van der Waals surface area contributed by atoms with E-state index in [-0.39, 0.29) is 23.1 Å². The number of hydrogen-bond acceptors (Lipinski definition) is 4. The molecule has 138 valence electrons. The fraction of sp³-hybridized carbons (Fsp3) is 0.316. The Morgan fingerprint density at radius 2 is 1.77 bits per heavy atom. The molecule has 1 aliphatic rings. The van der Waals surface area contributed by atoms with Gasteiger partial charge in [-0.3, -0.25) is 4.79 Å². The maximum atomic E-state index is 12.9. The van der Waals surface area contributed by atoms with Gasteiger partial charge < -0.3 is 4.74 Å². The smallest absolute Gasteiger partial charge is 0.243 e. The van der Waals surface area contributed by atoms with Crippen molar-refractivity contribution in [2.24, 2.45) is 0 Å². The van der Waals surface area contributed by atoms with Crippen molar-refractivity contribution in [3.05, 3.63) is 59.9 Å². The van der Waals surface area contributed by atoms with Crippen LogP contribution in [0.2, 0.25) is 0 Å². The summed E-state index contributed by atoms with van der Waals surface area (Å²) in [6.07, 6.45) is 0.963. The van der Waals surface area contributed by atoms with E-state index in [1.165, 1.54) is 28.6 Å². The second kappa shape index (κ2) is 7.55. The second-order valence-corrected chi connectivity index (χ2v) is 8.14. The third kappa shape index (κ3) is 3.94. The van der Waals surface area contributed by atoms with E-state index in [2.05, 4.69) is 0 Å². The third-order valence-corrected chi connectivity index (χ3v) is 6.43. The number of rotatable bonds is 5. The average molecular weight is 377 g/mol. The minimum atomic E-state index is -3.72. The largest absolute Gasteiger partial charge is 0.489 e. The number of nitrogens with zero attached hydrogens (tertiary/aromatic N) is 1. The normalized spacial score (nSPS) is 18.7. The van der Waals surface area contributed by atoms with Crippen LogP contribution in [0.4, 0.5) is 4.39 Å². The molecule has 1 saturated heterocycles. The summed E-state index contributed by atoms with van der Waals surface area (Å²) < 4.78 is 45.3. The first-order chi connectivity index (χ1) is 12.4. The van der Waals surface area contributed by atoms with Gasteiger partial charge in [0.1, 0.15) is 18.2 Å². The average Bonchev–Trinajstić information content (AvgIpc) is 2.64. The lowest BCUT2D eigenvalue weighted by molar-refractivity contribution is -0.124. The van der Waals surface area contributed by atoms with E-state index in [4.69, 9.17) is 4.74 Å². The Morgan fingerprint density at radius 1 is 1.12 bits per heavy atom. The minimum absolute atomic E-state index is 0.0564. The van der Waals surface area contributed by atoms with Gasteiger partial charge in [0.05, 0.1) is 10.9 Å². The second-order valence-electron chi connectivity index (χ2n) is 6.25. The molecule has 2 aromatic carbocycles. The molecule has 1 fully saturated rings. The summed E-state index contributed by atoms with van der Waals surface area (Å²) >= 11 is 0. The molecule has 1 atom stereocenters. The van der Waals surface area contributed by atoms with Crippen LogP contribution in [-0.4, -0.2) is 31.1 Å². The zero-order chi connectivity index (χ0) is 18.7. The Bertz CT molecular complexity index is 879. The van der Waals surface area contributed by atoms with Crippen LogP contribution in [0.25, 0.3) is 0 Å². The summed E-state index contributed by atoms with van der Waals surface area (Å²) in [7, 11) is -3.72. The van der Waals surface area contributed by atoms with Gasteiger partial charge >= 0.3 is 0 Å². The van der Waals surface area contributed by atoms with Crippen molar-refractivity contribution < 1.29 is 22.3 Å². The van der Waals surface area contributed by atoms with E-state index >= 15 is 0 Å². The molecule has 1 aliphatic heterocycles. The van der Waals surface area contributed by atoms with Gasteiger partial charge in [0.25, 0.3) is 0 Å². The highest BCUT2D eigenvalue weighted by Crippen LogP contribution is 2.25. The molecule has 26 heavy (non-hydrogen) atoms. The van der Waals surface area contributed by atoms with Crippen LogP contribution < -0.4 is 4.74 Å². The molecule has 0 N–H and O–H groups in total. The van der Waals surface area contributed by atoms with Gasteiger partial charge in [-0.15, -0.1) is 0 Å². The lowest BCUT2D eigenvalue weighted by Crippen LogP contribution is -2.47. The quantitative estimate of drug-likeness (QED) is 0.803. The predicted octanol–water partition coefficient (Wildman–Crippen LogP) is 3.15. The molecule has 0 aliphatic carbocycles. The number of benzene rings is 2. The highest BCUT2D eigenvalue weighted by atomic mass is 32.2. The van der Waals surface area contributed by atoms with Crippen LogP contribution in [0.5, 0.6) is 5.75 Å². The fourth-order valence-corrected chi connectivity index (χ4v) is 4.55. The molecule has 0 saturated carbocycles. The monoisotopic (exact) mass is 377 g/mol. The number of carbonyl (C=O) groups is 1. The van der Waals surface area contributed by atoms with Crippen LogP contribution in [0.3, 0.4) is 0 Å². The summed E-state index contributed by atoms with van der Waals surface area (Å²) in [5, 5.41) is 0. The van der Waals surface area contributed by atoms with Crippen LogP contribution in [0, 0.1) is 5.82 Å². The first-order valence-electron chi connectivity index (χ1n) is 8.40. The molecule has 0 aromatic heterocycles. The number of Topliss-reactive ketones (excluding diaryl/α,β-unsaturated/α-hetero) is 1. The number of halogens is 1. The maximum Gasteiger partial charge on any atom is 0.243 e. The SMILES string of the molecule is C[C@@H]1C(=O)CCCN1S(=O)(=O)c1ccc(OCc2ccc(F)cc2)cc1. The summed E-state index contributed by atoms with van der Waals surface area (Å²) in [4.78, 5) is 12.0. The zero-order valence-corrected chi connectivity index (χ0v) is 15.2. The van der Waals surface area contributed by atoms with E-state index in [1.807, 2.05) is 0 Å². The van der Waals surface area contributed by atoms with Gasteiger partial charge in [-0.2, -0.15) is 4.31 Å². The summed E-state index contributed by atoms with van der Waals surface area (Å²) in [6.45, 7) is 2.22. The van der Waals surface area contributed by atoms with Crippen molar-refractivity contribution in [1.29, 1.82) is 0 Å². The molecule has 7 heteroatoms. The molecular weight excluding hydrogens is 357 g/mol. The van der Waals surface area contributed by atoms with Gasteiger partial charge in [-0.25, -0.2) is 12.8 Å². The number of piperidine rings is 1. The molecule has 2 aromatic rings. The summed E-state index contributed by atoms with van der Waals surface area (Å²) in [5.74, 6) is 0.142. The Labute approximate surface area is 152 Å². The lowest BCUT2D eigenvalue weighted by atomic mass is 10.1. The van der Waals surface area contributed by atoms with Crippen LogP contribution in [-0.2, 0) is 21.4 Å². The summed E-state index contributed by atoms with van der Waals surface area (Å²) in [5.41, 5.74) is 0.809. The van der Waals surface area contributed by atoms with Crippen LogP contribution >= 0.6 is 0 Å². The van der Waals surface area contributed by atoms with Gasteiger partial charge in [-0.1, -0.05) is 12.1 Å². The van der Waals surface area contributed by atoms with Crippen LogP contribution in [0.15, 0.2) is 53.4 Å². The highest BCUT2D eigenvalue weighted by molar-refractivity contribution is 7.89. The van der Waals surface area contributed by atoms with E-state index in [0.29, 0.717) is 25.1 Å². The van der Waals surface area contributed by atoms with Gasteiger partial charge in [0, 0.05) is 13.0 Å². The first-order valence-corrected chi connectivity index (χ1v) is 9.84. The lowest BCUT2D eigenvalue weighted by Gasteiger charge is -2.31. The molecular formula is C19H20FNO4S. The molecule has 1 heterocycles. The number of ketones is 1. The molecule has 5 nitrogen and oxygen atoms in total. The van der Waals surface area contributed by atoms with Crippen molar-refractivity contribution in [1.82, 2.24) is 4.31 Å². The summed E-state index contributed by atoms with van der Waals surface area (Å²) in [6, 6.07) is 11.4. The Morgan fingerprint density at radius 3 is 2.42 bits per heavy atom. The van der Waals surface area contributed by atoms with Gasteiger partial charge in [0.2, 0.25) is 10.0 Å². The van der Waals surface area contributed by atoms with E-state index in [1.54, 1.807) is 31.2 Å². The van der Waals surface area contributed by atoms with Crippen molar-refractivity contribution in [2.45, 2.75) is 37.3 Å². The zero-order valence-electron chi connectivity index (χ0n) is 14.4. The predicted molar refractivity (Wildman–Crippen MR) is 94.8 cm³/mol. The number of hydrogen-bond donors (Lipinski definition) is 0. The van der Waals surface area contributed by atoms with E-state index in [9.17, 15) is 17.6 Å². The van der Waals surface area contributed by atoms with Crippen molar-refractivity contribution in [3.8, 4) is 5.75 Å². The van der Waals surface area contributed by atoms with E-state index in [0.717, 1.165) is 5.56 Å². The van der Waals surface area contributed by atoms with E-state index < -0.39 is 16.1 Å². The topological polar surface area (TPSA) is 63.7 Å². The Kier molecular flexibility index (Phi) is 5.38. The molecule has 0 radical (unpaired) electrons. The maximum absolute atomic E-state index is 12.9. The first kappa shape index (κ1) is 18.5. The fourth-order valence-electron chi connectivity index (χ4n) is 2.89. The third-order valence-electron chi connectivity index (χ3n) is 4.45. The highest BCUT2D eigenvalue weighted by Gasteiger charge is 2.35. The molecule has 3 rings (SSSR count). The van der Waals surface area contributed by atoms with Gasteiger partial charge in [-0.05, 0) is 55.3 Å². The van der Waals surface area contributed by atoms with Crippen molar-refractivity contribution in [2.75, 3.05) is 6.54 Å². The van der Waals surface area contributed by atoms with Crippen molar-refractivity contribution in [3.63, 3.8) is 0 Å². The standard InChI is InChI=1S/C19H20FNO4S/c1-14-19(22)3-2-12-21(14)26(23,24)18-10-8-17(9-11-18)25-13-15-4-6-16(20)7-5-15/h4-11,14H,2-3,12-13H2,1H3/t14-/m1/s1. The molecule has 0 spiro atoms. The minimum Gasteiger partial charge on any atom is -0.489 e. The number of ether oxygens (including phenoxy) is 1. The number of sulfonamides is 1. The molecule has 0 bridgehead atoms. The van der Waals surface area contributed by atoms with Crippen LogP contribution in [0.1, 0.15) is 25.3 Å². The molecule has 0 unspecified atom stereocenters. The molecule has 0 amide bonds. The Balaban J connectivity index is 1.70. The Hall–Kier alpha value is -2.25. The number of carbonyl (C=O) groups excluding carboxylic acids is 1.